The van der Waals surface area contributed by atoms with Gasteiger partial charge in [-0.3, -0.25) is 4.79 Å². The molecular formula is C12H23N3O2. The minimum absolute atomic E-state index is 0.0805. The first kappa shape index (κ1) is 12.8. The number of likely N-dealkylation sites (tertiary alicyclic amines) is 1. The summed E-state index contributed by atoms with van der Waals surface area (Å²) < 4.78 is 0. The van der Waals surface area contributed by atoms with E-state index in [9.17, 15) is 4.79 Å². The van der Waals surface area contributed by atoms with Crippen LogP contribution in [-0.4, -0.2) is 60.8 Å². The fraction of sp³-hybridized carbons (Fsp3) is 0.917. The average molecular weight is 241 g/mol. The number of piperidine rings is 1. The predicted octanol–water partition coefficient (Wildman–Crippen LogP) is -0.689. The van der Waals surface area contributed by atoms with Crippen LogP contribution in [-0.2, 0) is 4.79 Å². The van der Waals surface area contributed by atoms with Gasteiger partial charge in [-0.25, -0.2) is 0 Å². The second kappa shape index (κ2) is 6.33. The third-order valence-electron chi connectivity index (χ3n) is 3.71. The van der Waals surface area contributed by atoms with E-state index in [-0.39, 0.29) is 24.6 Å². The van der Waals surface area contributed by atoms with Gasteiger partial charge in [-0.1, -0.05) is 0 Å². The highest BCUT2D eigenvalue weighted by molar-refractivity contribution is 5.82. The lowest BCUT2D eigenvalue weighted by Gasteiger charge is -2.38. The zero-order valence-corrected chi connectivity index (χ0v) is 10.3. The molecule has 0 saturated carbocycles. The topological polar surface area (TPSA) is 64.6 Å². The summed E-state index contributed by atoms with van der Waals surface area (Å²) in [5, 5.41) is 15.6. The fourth-order valence-electron chi connectivity index (χ4n) is 2.77. The molecule has 5 nitrogen and oxygen atoms in total. The standard InChI is InChI=1S/C12H23N3O2/c16-8-4-10-3-1-2-7-15(10)12(17)11-9-13-5-6-14-11/h10-11,13-14,16H,1-9H2. The van der Waals surface area contributed by atoms with E-state index in [1.807, 2.05) is 4.90 Å². The van der Waals surface area contributed by atoms with Gasteiger partial charge in [0, 0.05) is 38.8 Å². The average Bonchev–Trinajstić information content (AvgIpc) is 2.40. The number of hydrogen-bond donors (Lipinski definition) is 3. The van der Waals surface area contributed by atoms with Crippen molar-refractivity contribution >= 4 is 5.91 Å². The van der Waals surface area contributed by atoms with Crippen LogP contribution in [0.15, 0.2) is 0 Å². The van der Waals surface area contributed by atoms with Gasteiger partial charge >= 0.3 is 0 Å². The number of hydrogen-bond acceptors (Lipinski definition) is 4. The molecule has 2 saturated heterocycles. The second-order valence-corrected chi connectivity index (χ2v) is 4.90. The molecule has 2 fully saturated rings. The van der Waals surface area contributed by atoms with Crippen LogP contribution in [0, 0.1) is 0 Å². The Hall–Kier alpha value is -0.650. The van der Waals surface area contributed by atoms with Crippen molar-refractivity contribution in [2.75, 3.05) is 32.8 Å². The highest BCUT2D eigenvalue weighted by Crippen LogP contribution is 2.20. The maximum absolute atomic E-state index is 12.4. The van der Waals surface area contributed by atoms with Gasteiger partial charge in [-0.15, -0.1) is 0 Å². The third-order valence-corrected chi connectivity index (χ3v) is 3.71. The molecule has 0 radical (unpaired) electrons. The molecule has 0 aromatic heterocycles. The van der Waals surface area contributed by atoms with Gasteiger partial charge < -0.3 is 20.6 Å². The van der Waals surface area contributed by atoms with Crippen LogP contribution >= 0.6 is 0 Å². The zero-order chi connectivity index (χ0) is 12.1. The number of carbonyl (C=O) groups excluding carboxylic acids is 1. The number of aliphatic hydroxyl groups is 1. The molecule has 0 spiro atoms. The van der Waals surface area contributed by atoms with Crippen molar-refractivity contribution in [2.45, 2.75) is 37.8 Å². The smallest absolute Gasteiger partial charge is 0.241 e. The van der Waals surface area contributed by atoms with Crippen LogP contribution in [0.5, 0.6) is 0 Å². The first-order chi connectivity index (χ1) is 8.33. The van der Waals surface area contributed by atoms with Gasteiger partial charge in [0.1, 0.15) is 0 Å². The minimum atomic E-state index is -0.0805. The van der Waals surface area contributed by atoms with Crippen LogP contribution in [0.2, 0.25) is 0 Å². The monoisotopic (exact) mass is 241 g/mol. The van der Waals surface area contributed by atoms with Crippen molar-refractivity contribution in [3.05, 3.63) is 0 Å². The number of nitrogens with zero attached hydrogens (tertiary/aromatic N) is 1. The number of nitrogens with one attached hydrogen (secondary N) is 2. The first-order valence-electron chi connectivity index (χ1n) is 6.68. The van der Waals surface area contributed by atoms with Crippen molar-refractivity contribution < 1.29 is 9.90 Å². The maximum atomic E-state index is 12.4. The summed E-state index contributed by atoms with van der Waals surface area (Å²) in [5.41, 5.74) is 0. The van der Waals surface area contributed by atoms with Gasteiger partial charge in [0.05, 0.1) is 6.04 Å². The van der Waals surface area contributed by atoms with Crippen molar-refractivity contribution in [1.29, 1.82) is 0 Å². The second-order valence-electron chi connectivity index (χ2n) is 4.90. The molecule has 17 heavy (non-hydrogen) atoms. The van der Waals surface area contributed by atoms with E-state index in [1.165, 1.54) is 6.42 Å². The quantitative estimate of drug-likeness (QED) is 0.612. The lowest BCUT2D eigenvalue weighted by atomic mass is 9.98. The Bertz CT molecular complexity index is 252. The molecule has 0 aliphatic carbocycles. The first-order valence-corrected chi connectivity index (χ1v) is 6.68. The molecule has 0 aromatic rings. The molecule has 2 heterocycles. The summed E-state index contributed by atoms with van der Waals surface area (Å²) in [6.45, 7) is 3.53. The molecule has 2 aliphatic heterocycles. The number of rotatable bonds is 3. The van der Waals surface area contributed by atoms with Crippen LogP contribution in [0.3, 0.4) is 0 Å². The Balaban J connectivity index is 1.94. The maximum Gasteiger partial charge on any atom is 0.241 e. The Labute approximate surface area is 103 Å². The normalized spacial score (nSPS) is 30.3. The van der Waals surface area contributed by atoms with Gasteiger partial charge in [-0.2, -0.15) is 0 Å². The zero-order valence-electron chi connectivity index (χ0n) is 10.3. The number of aliphatic hydroxyl groups excluding tert-OH is 1. The molecule has 0 aromatic carbocycles. The summed E-state index contributed by atoms with van der Waals surface area (Å²) in [6, 6.07) is 0.160. The Morgan fingerprint density at radius 2 is 2.24 bits per heavy atom. The van der Waals surface area contributed by atoms with Crippen LogP contribution in [0.1, 0.15) is 25.7 Å². The van der Waals surface area contributed by atoms with Gasteiger partial charge in [0.15, 0.2) is 0 Å². The summed E-state index contributed by atoms with van der Waals surface area (Å²) in [5.74, 6) is 0.204. The number of carbonyl (C=O) groups is 1. The number of amides is 1. The van der Waals surface area contributed by atoms with Gasteiger partial charge in [0.2, 0.25) is 5.91 Å². The largest absolute Gasteiger partial charge is 0.396 e. The Morgan fingerprint density at radius 3 is 2.94 bits per heavy atom. The van der Waals surface area contributed by atoms with Gasteiger partial charge in [-0.05, 0) is 25.7 Å². The van der Waals surface area contributed by atoms with E-state index in [2.05, 4.69) is 10.6 Å². The van der Waals surface area contributed by atoms with Crippen molar-refractivity contribution in [3.63, 3.8) is 0 Å². The van der Waals surface area contributed by atoms with Crippen LogP contribution in [0.25, 0.3) is 0 Å². The highest BCUT2D eigenvalue weighted by atomic mass is 16.3. The van der Waals surface area contributed by atoms with Crippen molar-refractivity contribution in [3.8, 4) is 0 Å². The highest BCUT2D eigenvalue weighted by Gasteiger charge is 2.31. The number of piperazine rings is 1. The summed E-state index contributed by atoms with van der Waals surface area (Å²) in [6.07, 6.45) is 4.01. The van der Waals surface area contributed by atoms with E-state index < -0.39 is 0 Å². The molecular weight excluding hydrogens is 218 g/mol. The van der Waals surface area contributed by atoms with Crippen molar-refractivity contribution in [2.24, 2.45) is 0 Å². The lowest BCUT2D eigenvalue weighted by Crippen LogP contribution is -2.59. The molecule has 98 valence electrons. The van der Waals surface area contributed by atoms with E-state index in [1.54, 1.807) is 0 Å². The molecule has 5 heteroatoms. The van der Waals surface area contributed by atoms with Crippen molar-refractivity contribution in [1.82, 2.24) is 15.5 Å². The molecule has 2 aliphatic rings. The predicted molar refractivity (Wildman–Crippen MR) is 65.7 cm³/mol. The van der Waals surface area contributed by atoms with Gasteiger partial charge in [0.25, 0.3) is 0 Å². The van der Waals surface area contributed by atoms with Crippen LogP contribution < -0.4 is 10.6 Å². The van der Waals surface area contributed by atoms with E-state index in [0.717, 1.165) is 39.0 Å². The summed E-state index contributed by atoms with van der Waals surface area (Å²) in [4.78, 5) is 14.4. The molecule has 1 amide bonds. The minimum Gasteiger partial charge on any atom is -0.396 e. The van der Waals surface area contributed by atoms with E-state index in [4.69, 9.17) is 5.11 Å². The summed E-state index contributed by atoms with van der Waals surface area (Å²) >= 11 is 0. The third kappa shape index (κ3) is 3.18. The molecule has 2 atom stereocenters. The molecule has 2 unspecified atom stereocenters. The molecule has 0 bridgehead atoms. The molecule has 2 rings (SSSR count). The van der Waals surface area contributed by atoms with Crippen LogP contribution in [0.4, 0.5) is 0 Å². The summed E-state index contributed by atoms with van der Waals surface area (Å²) in [7, 11) is 0. The Morgan fingerprint density at radius 1 is 1.35 bits per heavy atom. The lowest BCUT2D eigenvalue weighted by molar-refractivity contribution is -0.137. The SMILES string of the molecule is O=C(C1CNCCN1)N1CCCCC1CCO. The van der Waals surface area contributed by atoms with E-state index in [0.29, 0.717) is 6.42 Å². The molecule has 3 N–H and O–H groups in total. The van der Waals surface area contributed by atoms with E-state index >= 15 is 0 Å². The fourth-order valence-corrected chi connectivity index (χ4v) is 2.77. The Kier molecular flexibility index (Phi) is 4.76.